The normalized spacial score (nSPS) is 16.7. The summed E-state index contributed by atoms with van der Waals surface area (Å²) in [4.78, 5) is 10.4. The zero-order valence-electron chi connectivity index (χ0n) is 11.4. The molecule has 0 aliphatic heterocycles. The molecule has 1 aliphatic rings. The van der Waals surface area contributed by atoms with E-state index in [-0.39, 0.29) is 17.5 Å². The maximum Gasteiger partial charge on any atom is 0.269 e. The molecule has 0 radical (unpaired) electrons. The van der Waals surface area contributed by atoms with Gasteiger partial charge in [-0.1, -0.05) is 18.2 Å². The maximum atomic E-state index is 13.2. The first-order valence-corrected chi connectivity index (χ1v) is 6.88. The van der Waals surface area contributed by atoms with Crippen LogP contribution >= 0.6 is 0 Å². The summed E-state index contributed by atoms with van der Waals surface area (Å²) in [6, 6.07) is 11.7. The van der Waals surface area contributed by atoms with Gasteiger partial charge < -0.3 is 5.32 Å². The largest absolute Gasteiger partial charge is 0.306 e. The molecule has 1 N–H and O–H groups in total. The highest BCUT2D eigenvalue weighted by Gasteiger charge is 2.22. The third-order valence-corrected chi connectivity index (χ3v) is 3.86. The topological polar surface area (TPSA) is 55.2 Å². The van der Waals surface area contributed by atoms with Crippen molar-refractivity contribution in [1.82, 2.24) is 5.32 Å². The summed E-state index contributed by atoms with van der Waals surface area (Å²) in [7, 11) is 0. The number of benzene rings is 2. The Hall–Kier alpha value is -2.27. The van der Waals surface area contributed by atoms with Crippen LogP contribution in [0.5, 0.6) is 0 Å². The molecule has 3 rings (SSSR count). The lowest BCUT2D eigenvalue weighted by atomic mass is 10.1. The Labute approximate surface area is 121 Å². The molecule has 1 unspecified atom stereocenters. The number of nitrogens with zero attached hydrogens (tertiary/aromatic N) is 1. The van der Waals surface area contributed by atoms with Crippen LogP contribution in [-0.4, -0.2) is 4.92 Å². The lowest BCUT2D eigenvalue weighted by Gasteiger charge is -2.14. The van der Waals surface area contributed by atoms with E-state index >= 15 is 0 Å². The van der Waals surface area contributed by atoms with Gasteiger partial charge in [0.1, 0.15) is 5.82 Å². The number of nitrogens with one attached hydrogen (secondary N) is 1. The number of halogens is 1. The van der Waals surface area contributed by atoms with E-state index in [1.807, 2.05) is 12.1 Å². The van der Waals surface area contributed by atoms with Crippen molar-refractivity contribution in [3.63, 3.8) is 0 Å². The van der Waals surface area contributed by atoms with E-state index in [9.17, 15) is 14.5 Å². The first-order chi connectivity index (χ1) is 10.1. The Balaban J connectivity index is 1.70. The second-order valence-electron chi connectivity index (χ2n) is 5.24. The smallest absolute Gasteiger partial charge is 0.269 e. The number of hydrogen-bond acceptors (Lipinski definition) is 3. The Morgan fingerprint density at radius 2 is 2.14 bits per heavy atom. The van der Waals surface area contributed by atoms with Crippen LogP contribution in [0.3, 0.4) is 0 Å². The summed E-state index contributed by atoms with van der Waals surface area (Å²) in [5.41, 5.74) is 3.15. The molecule has 0 spiro atoms. The molecule has 21 heavy (non-hydrogen) atoms. The van der Waals surface area contributed by atoms with Gasteiger partial charge in [0.2, 0.25) is 0 Å². The molecule has 0 saturated heterocycles. The van der Waals surface area contributed by atoms with E-state index in [2.05, 4.69) is 5.32 Å². The maximum absolute atomic E-state index is 13.2. The third kappa shape index (κ3) is 2.92. The van der Waals surface area contributed by atoms with Crippen LogP contribution in [0.1, 0.15) is 29.2 Å². The molecule has 1 atom stereocenters. The fraction of sp³-hybridized carbons (Fsp3) is 0.250. The van der Waals surface area contributed by atoms with Gasteiger partial charge in [-0.2, -0.15) is 0 Å². The van der Waals surface area contributed by atoms with Crippen LogP contribution in [-0.2, 0) is 13.0 Å². The first kappa shape index (κ1) is 13.7. The molecule has 2 aromatic rings. The summed E-state index contributed by atoms with van der Waals surface area (Å²) in [5.74, 6) is -0.201. The fourth-order valence-electron chi connectivity index (χ4n) is 2.82. The molecule has 4 nitrogen and oxygen atoms in total. The minimum atomic E-state index is -0.392. The Morgan fingerprint density at radius 3 is 2.95 bits per heavy atom. The van der Waals surface area contributed by atoms with E-state index in [1.54, 1.807) is 18.2 Å². The van der Waals surface area contributed by atoms with Gasteiger partial charge in [-0.05, 0) is 41.7 Å². The van der Waals surface area contributed by atoms with Crippen molar-refractivity contribution >= 4 is 5.69 Å². The van der Waals surface area contributed by atoms with Crippen LogP contribution in [0.15, 0.2) is 42.5 Å². The lowest BCUT2D eigenvalue weighted by Crippen LogP contribution is -2.18. The predicted molar refractivity (Wildman–Crippen MR) is 77.4 cm³/mol. The Bertz CT molecular complexity index is 688. The van der Waals surface area contributed by atoms with Crippen molar-refractivity contribution in [2.45, 2.75) is 25.4 Å². The minimum Gasteiger partial charge on any atom is -0.306 e. The van der Waals surface area contributed by atoms with Crippen molar-refractivity contribution in [3.05, 3.63) is 75.1 Å². The van der Waals surface area contributed by atoms with Crippen LogP contribution in [0.4, 0.5) is 10.1 Å². The molecule has 5 heteroatoms. The third-order valence-electron chi connectivity index (χ3n) is 3.86. The molecule has 0 heterocycles. The summed E-state index contributed by atoms with van der Waals surface area (Å²) < 4.78 is 13.2. The number of fused-ring (bicyclic) bond motifs is 1. The number of aryl methyl sites for hydroxylation is 1. The number of non-ortho nitro benzene ring substituents is 1. The lowest BCUT2D eigenvalue weighted by molar-refractivity contribution is -0.384. The number of hydrogen-bond donors (Lipinski definition) is 1. The first-order valence-electron chi connectivity index (χ1n) is 6.88. The number of nitro benzene ring substituents is 1. The average molecular weight is 286 g/mol. The molecule has 2 aromatic carbocycles. The van der Waals surface area contributed by atoms with Gasteiger partial charge in [-0.15, -0.1) is 0 Å². The summed E-state index contributed by atoms with van der Waals surface area (Å²) in [6.45, 7) is 0.559. The van der Waals surface area contributed by atoms with E-state index < -0.39 is 4.92 Å². The summed E-state index contributed by atoms with van der Waals surface area (Å²) >= 11 is 0. The van der Waals surface area contributed by atoms with Gasteiger partial charge >= 0.3 is 0 Å². The van der Waals surface area contributed by atoms with Gasteiger partial charge in [0, 0.05) is 24.7 Å². The van der Waals surface area contributed by atoms with Crippen LogP contribution in [0, 0.1) is 15.9 Å². The number of rotatable bonds is 4. The van der Waals surface area contributed by atoms with Crippen molar-refractivity contribution in [2.75, 3.05) is 0 Å². The molecule has 0 amide bonds. The molecule has 0 saturated carbocycles. The molecule has 108 valence electrons. The van der Waals surface area contributed by atoms with Gasteiger partial charge in [0.15, 0.2) is 0 Å². The predicted octanol–water partition coefficient (Wildman–Crippen LogP) is 3.51. The van der Waals surface area contributed by atoms with Crippen molar-refractivity contribution < 1.29 is 9.31 Å². The highest BCUT2D eigenvalue weighted by Crippen LogP contribution is 2.31. The monoisotopic (exact) mass is 286 g/mol. The number of nitro groups is 1. The van der Waals surface area contributed by atoms with Gasteiger partial charge in [0.25, 0.3) is 5.69 Å². The standard InChI is InChI=1S/C16H15FN2O2/c17-13-5-6-15-12(9-13)4-7-16(15)18-10-11-2-1-3-14(8-11)19(20)21/h1-3,5-6,8-9,16,18H,4,7,10H2. The SMILES string of the molecule is O=[N+]([O-])c1cccc(CNC2CCc3cc(F)ccc32)c1. The van der Waals surface area contributed by atoms with Gasteiger partial charge in [-0.3, -0.25) is 10.1 Å². The van der Waals surface area contributed by atoms with Crippen molar-refractivity contribution in [1.29, 1.82) is 0 Å². The van der Waals surface area contributed by atoms with Crippen LogP contribution in [0.25, 0.3) is 0 Å². The van der Waals surface area contributed by atoms with Gasteiger partial charge in [0.05, 0.1) is 4.92 Å². The fourth-order valence-corrected chi connectivity index (χ4v) is 2.82. The second-order valence-corrected chi connectivity index (χ2v) is 5.24. The Morgan fingerprint density at radius 1 is 1.29 bits per heavy atom. The summed E-state index contributed by atoms with van der Waals surface area (Å²) in [6.07, 6.45) is 1.79. The molecule has 0 aromatic heterocycles. The van der Waals surface area contributed by atoms with Crippen LogP contribution < -0.4 is 5.32 Å². The second kappa shape index (κ2) is 5.61. The van der Waals surface area contributed by atoms with Crippen molar-refractivity contribution in [3.8, 4) is 0 Å². The highest BCUT2D eigenvalue weighted by molar-refractivity contribution is 5.36. The quantitative estimate of drug-likeness (QED) is 0.691. The molecular formula is C16H15FN2O2. The molecule has 0 fully saturated rings. The average Bonchev–Trinajstić information content (AvgIpc) is 2.87. The zero-order chi connectivity index (χ0) is 14.8. The van der Waals surface area contributed by atoms with Crippen molar-refractivity contribution in [2.24, 2.45) is 0 Å². The van der Waals surface area contributed by atoms with Crippen LogP contribution in [0.2, 0.25) is 0 Å². The minimum absolute atomic E-state index is 0.100. The van der Waals surface area contributed by atoms with E-state index in [4.69, 9.17) is 0 Å². The molecular weight excluding hydrogens is 271 g/mol. The van der Waals surface area contributed by atoms with Gasteiger partial charge in [-0.25, -0.2) is 4.39 Å². The Kier molecular flexibility index (Phi) is 3.66. The van der Waals surface area contributed by atoms with E-state index in [1.165, 1.54) is 12.1 Å². The highest BCUT2D eigenvalue weighted by atomic mass is 19.1. The zero-order valence-corrected chi connectivity index (χ0v) is 11.4. The van der Waals surface area contributed by atoms with E-state index in [0.29, 0.717) is 6.54 Å². The van der Waals surface area contributed by atoms with E-state index in [0.717, 1.165) is 29.5 Å². The summed E-state index contributed by atoms with van der Waals surface area (Å²) in [5, 5.41) is 14.2. The molecule has 0 bridgehead atoms. The molecule has 1 aliphatic carbocycles.